The summed E-state index contributed by atoms with van der Waals surface area (Å²) in [5, 5.41) is 0. The average molecular weight is 301 g/mol. The Morgan fingerprint density at radius 2 is 1.68 bits per heavy atom. The van der Waals surface area contributed by atoms with Gasteiger partial charge in [0.15, 0.2) is 17.4 Å². The molecule has 0 amide bonds. The van der Waals surface area contributed by atoms with Gasteiger partial charge in [-0.05, 0) is 55.8 Å². The third-order valence-corrected chi connectivity index (χ3v) is 3.98. The molecule has 0 bridgehead atoms. The summed E-state index contributed by atoms with van der Waals surface area (Å²) < 4.78 is 26.2. The fourth-order valence-corrected chi connectivity index (χ4v) is 2.81. The Kier molecular flexibility index (Phi) is 4.29. The van der Waals surface area contributed by atoms with Crippen LogP contribution in [0.5, 0.6) is 0 Å². The molecule has 0 unspecified atom stereocenters. The largest absolute Gasteiger partial charge is 0.299 e. The molecule has 114 valence electrons. The third-order valence-electron chi connectivity index (χ3n) is 3.98. The van der Waals surface area contributed by atoms with Crippen LogP contribution in [0.15, 0.2) is 42.5 Å². The zero-order valence-corrected chi connectivity index (χ0v) is 12.2. The zero-order chi connectivity index (χ0) is 15.5. The van der Waals surface area contributed by atoms with Gasteiger partial charge in [-0.2, -0.15) is 0 Å². The fourth-order valence-electron chi connectivity index (χ4n) is 2.81. The number of carbonyl (C=O) groups excluding carboxylic acids is 1. The second kappa shape index (κ2) is 6.36. The number of benzene rings is 2. The van der Waals surface area contributed by atoms with Crippen LogP contribution < -0.4 is 0 Å². The molecule has 4 heteroatoms. The van der Waals surface area contributed by atoms with Gasteiger partial charge < -0.3 is 0 Å². The Labute approximate surface area is 128 Å². The molecule has 1 fully saturated rings. The molecular weight excluding hydrogens is 284 g/mol. The fraction of sp³-hybridized carbons (Fsp3) is 0.278. The van der Waals surface area contributed by atoms with Crippen LogP contribution in [0.25, 0.3) is 0 Å². The maximum atomic E-state index is 13.3. The predicted octanol–water partition coefficient (Wildman–Crippen LogP) is 3.79. The van der Waals surface area contributed by atoms with Gasteiger partial charge in [0, 0.05) is 17.7 Å². The van der Waals surface area contributed by atoms with Crippen molar-refractivity contribution in [2.45, 2.75) is 19.4 Å². The summed E-state index contributed by atoms with van der Waals surface area (Å²) in [7, 11) is 0. The van der Waals surface area contributed by atoms with E-state index in [2.05, 4.69) is 4.90 Å². The Balaban J connectivity index is 1.81. The van der Waals surface area contributed by atoms with Gasteiger partial charge in [0.05, 0.1) is 0 Å². The number of likely N-dealkylation sites (tertiary alicyclic amines) is 1. The highest BCUT2D eigenvalue weighted by molar-refractivity contribution is 6.09. The van der Waals surface area contributed by atoms with Crippen molar-refractivity contribution in [3.8, 4) is 0 Å². The molecule has 2 aromatic rings. The normalized spacial score (nSPS) is 15.2. The molecule has 0 aliphatic carbocycles. The first-order valence-corrected chi connectivity index (χ1v) is 7.44. The van der Waals surface area contributed by atoms with Crippen molar-refractivity contribution < 1.29 is 13.6 Å². The van der Waals surface area contributed by atoms with Crippen molar-refractivity contribution in [3.63, 3.8) is 0 Å². The van der Waals surface area contributed by atoms with E-state index in [1.54, 1.807) is 6.07 Å². The number of hydrogen-bond acceptors (Lipinski definition) is 2. The summed E-state index contributed by atoms with van der Waals surface area (Å²) in [4.78, 5) is 14.7. The van der Waals surface area contributed by atoms with Gasteiger partial charge in [0.2, 0.25) is 0 Å². The van der Waals surface area contributed by atoms with Gasteiger partial charge >= 0.3 is 0 Å². The van der Waals surface area contributed by atoms with E-state index < -0.39 is 11.6 Å². The lowest BCUT2D eigenvalue weighted by Crippen LogP contribution is -2.18. The summed E-state index contributed by atoms with van der Waals surface area (Å²) in [6.07, 6.45) is 2.43. The van der Waals surface area contributed by atoms with E-state index in [9.17, 15) is 13.6 Å². The number of nitrogens with zero attached hydrogens (tertiary/aromatic N) is 1. The maximum absolute atomic E-state index is 13.3. The highest BCUT2D eigenvalue weighted by Crippen LogP contribution is 2.17. The Bertz CT molecular complexity index is 693. The Morgan fingerprint density at radius 3 is 2.41 bits per heavy atom. The molecule has 1 saturated heterocycles. The van der Waals surface area contributed by atoms with E-state index in [0.717, 1.165) is 37.3 Å². The molecule has 1 aliphatic rings. The van der Waals surface area contributed by atoms with Crippen LogP contribution in [-0.2, 0) is 6.54 Å². The third kappa shape index (κ3) is 3.22. The van der Waals surface area contributed by atoms with Crippen molar-refractivity contribution in [2.24, 2.45) is 0 Å². The van der Waals surface area contributed by atoms with Crippen LogP contribution in [0.4, 0.5) is 8.78 Å². The summed E-state index contributed by atoms with van der Waals surface area (Å²) in [5.74, 6) is -2.24. The van der Waals surface area contributed by atoms with Crippen LogP contribution in [0.1, 0.15) is 34.3 Å². The minimum atomic E-state index is -1.00. The second-order valence-corrected chi connectivity index (χ2v) is 5.64. The number of rotatable bonds is 4. The van der Waals surface area contributed by atoms with Gasteiger partial charge in [-0.1, -0.05) is 18.2 Å². The molecule has 1 heterocycles. The van der Waals surface area contributed by atoms with E-state index in [1.807, 2.05) is 18.2 Å². The van der Waals surface area contributed by atoms with Crippen molar-refractivity contribution in [1.29, 1.82) is 0 Å². The van der Waals surface area contributed by atoms with E-state index in [4.69, 9.17) is 0 Å². The molecule has 2 aromatic carbocycles. The number of ketones is 1. The predicted molar refractivity (Wildman–Crippen MR) is 80.7 cm³/mol. The number of halogens is 2. The average Bonchev–Trinajstić information content (AvgIpc) is 3.02. The highest BCUT2D eigenvalue weighted by atomic mass is 19.2. The smallest absolute Gasteiger partial charge is 0.193 e. The first kappa shape index (κ1) is 14.9. The number of carbonyl (C=O) groups is 1. The summed E-state index contributed by atoms with van der Waals surface area (Å²) in [6, 6.07) is 10.6. The number of hydrogen-bond donors (Lipinski definition) is 0. The molecule has 0 atom stereocenters. The summed E-state index contributed by atoms with van der Waals surface area (Å²) in [6.45, 7) is 2.99. The van der Waals surface area contributed by atoms with E-state index in [-0.39, 0.29) is 11.3 Å². The second-order valence-electron chi connectivity index (χ2n) is 5.64. The van der Waals surface area contributed by atoms with Gasteiger partial charge in [-0.15, -0.1) is 0 Å². The molecule has 0 spiro atoms. The molecule has 2 nitrogen and oxygen atoms in total. The monoisotopic (exact) mass is 301 g/mol. The van der Waals surface area contributed by atoms with Crippen molar-refractivity contribution in [1.82, 2.24) is 4.90 Å². The molecule has 0 radical (unpaired) electrons. The SMILES string of the molecule is O=C(c1cccc(CN2CCCC2)c1)c1ccc(F)c(F)c1. The van der Waals surface area contributed by atoms with Gasteiger partial charge in [0.25, 0.3) is 0 Å². The van der Waals surface area contributed by atoms with Crippen molar-refractivity contribution in [3.05, 3.63) is 70.8 Å². The quantitative estimate of drug-likeness (QED) is 0.801. The van der Waals surface area contributed by atoms with Crippen molar-refractivity contribution >= 4 is 5.78 Å². The lowest BCUT2D eigenvalue weighted by Gasteiger charge is -2.15. The van der Waals surface area contributed by atoms with Crippen LogP contribution in [0, 0.1) is 11.6 Å². The highest BCUT2D eigenvalue weighted by Gasteiger charge is 2.15. The van der Waals surface area contributed by atoms with Crippen LogP contribution in [0.2, 0.25) is 0 Å². The Morgan fingerprint density at radius 1 is 0.955 bits per heavy atom. The molecule has 0 saturated carbocycles. The Hall–Kier alpha value is -2.07. The van der Waals surface area contributed by atoms with E-state index in [1.165, 1.54) is 18.9 Å². The molecule has 22 heavy (non-hydrogen) atoms. The minimum absolute atomic E-state index is 0.164. The molecule has 0 aromatic heterocycles. The lowest BCUT2D eigenvalue weighted by molar-refractivity contribution is 0.103. The van der Waals surface area contributed by atoms with Crippen LogP contribution >= 0.6 is 0 Å². The first-order valence-electron chi connectivity index (χ1n) is 7.44. The zero-order valence-electron chi connectivity index (χ0n) is 12.2. The standard InChI is InChI=1S/C18H17F2NO/c19-16-7-6-15(11-17(16)20)18(22)14-5-3-4-13(10-14)12-21-8-1-2-9-21/h3-7,10-11H,1-2,8-9,12H2. The molecule has 3 rings (SSSR count). The summed E-state index contributed by atoms with van der Waals surface area (Å²) in [5.41, 5.74) is 1.73. The topological polar surface area (TPSA) is 20.3 Å². The van der Waals surface area contributed by atoms with Gasteiger partial charge in [0.1, 0.15) is 0 Å². The summed E-state index contributed by atoms with van der Waals surface area (Å²) >= 11 is 0. The van der Waals surface area contributed by atoms with Gasteiger partial charge in [-0.25, -0.2) is 8.78 Å². The van der Waals surface area contributed by atoms with Crippen molar-refractivity contribution in [2.75, 3.05) is 13.1 Å². The lowest BCUT2D eigenvalue weighted by atomic mass is 10.0. The first-order chi connectivity index (χ1) is 10.6. The minimum Gasteiger partial charge on any atom is -0.299 e. The maximum Gasteiger partial charge on any atom is 0.193 e. The van der Waals surface area contributed by atoms with Gasteiger partial charge in [-0.3, -0.25) is 9.69 Å². The van der Waals surface area contributed by atoms with E-state index >= 15 is 0 Å². The van der Waals surface area contributed by atoms with Crippen LogP contribution in [-0.4, -0.2) is 23.8 Å². The van der Waals surface area contributed by atoms with Crippen LogP contribution in [0.3, 0.4) is 0 Å². The molecule has 1 aliphatic heterocycles. The van der Waals surface area contributed by atoms with E-state index in [0.29, 0.717) is 5.56 Å². The molecule has 0 N–H and O–H groups in total. The molecular formula is C18H17F2NO.